The zero-order valence-electron chi connectivity index (χ0n) is 23.2. The van der Waals surface area contributed by atoms with Crippen molar-refractivity contribution < 1.29 is 18.7 Å². The molecule has 0 aliphatic rings. The van der Waals surface area contributed by atoms with Crippen LogP contribution in [0.2, 0.25) is 0 Å². The van der Waals surface area contributed by atoms with Crippen molar-refractivity contribution in [1.82, 2.24) is 0 Å². The second-order valence-corrected chi connectivity index (χ2v) is 10.0. The minimum Gasteiger partial charge on any atom is -0.489 e. The summed E-state index contributed by atoms with van der Waals surface area (Å²) < 4.78 is 17.5. The quantitative estimate of drug-likeness (QED) is 0.241. The van der Waals surface area contributed by atoms with Crippen LogP contribution in [0.15, 0.2) is 53.1 Å². The van der Waals surface area contributed by atoms with Crippen LogP contribution >= 0.6 is 0 Å². The van der Waals surface area contributed by atoms with Gasteiger partial charge in [0.2, 0.25) is 5.76 Å². The van der Waals surface area contributed by atoms with Crippen molar-refractivity contribution >= 4 is 5.97 Å². The number of aryl methyl sites for hydroxylation is 4. The van der Waals surface area contributed by atoms with Crippen molar-refractivity contribution in [2.45, 2.75) is 68.6 Å². The first-order valence-electron chi connectivity index (χ1n) is 12.7. The summed E-state index contributed by atoms with van der Waals surface area (Å²) in [6.07, 6.45) is 1.52. The molecule has 0 N–H and O–H groups in total. The predicted octanol–water partition coefficient (Wildman–Crippen LogP) is 8.35. The molecule has 4 rings (SSSR count). The van der Waals surface area contributed by atoms with Crippen molar-refractivity contribution in [3.8, 4) is 16.9 Å². The van der Waals surface area contributed by atoms with Gasteiger partial charge in [0.25, 0.3) is 0 Å². The van der Waals surface area contributed by atoms with Crippen LogP contribution in [0.5, 0.6) is 5.75 Å². The van der Waals surface area contributed by atoms with E-state index in [1.165, 1.54) is 45.2 Å². The molecule has 4 heteroatoms. The maximum absolute atomic E-state index is 13.1. The monoisotopic (exact) mass is 496 g/mol. The molecule has 0 saturated heterocycles. The molecule has 4 nitrogen and oxygen atoms in total. The second kappa shape index (κ2) is 10.7. The standard InChI is InChI=1S/C33H36O4/c1-19-14-20(2)24(6)30(23(19)5)17-36-28-11-9-10-27(16-28)29-12-13-35-32(29)33(34)37-18-31-25(7)21(3)15-22(4)26(31)8/h9-16H,17-18H2,1-8H3. The van der Waals surface area contributed by atoms with Gasteiger partial charge in [-0.1, -0.05) is 24.3 Å². The summed E-state index contributed by atoms with van der Waals surface area (Å²) in [4.78, 5) is 13.1. The molecule has 37 heavy (non-hydrogen) atoms. The van der Waals surface area contributed by atoms with Crippen LogP contribution in [0, 0.1) is 55.4 Å². The van der Waals surface area contributed by atoms with Gasteiger partial charge in [0, 0.05) is 5.56 Å². The van der Waals surface area contributed by atoms with Crippen LogP contribution in [-0.4, -0.2) is 5.97 Å². The van der Waals surface area contributed by atoms with Crippen LogP contribution in [0.4, 0.5) is 0 Å². The summed E-state index contributed by atoms with van der Waals surface area (Å²) >= 11 is 0. The molecule has 0 radical (unpaired) electrons. The molecule has 0 aliphatic carbocycles. The lowest BCUT2D eigenvalue weighted by molar-refractivity contribution is 0.0436. The van der Waals surface area contributed by atoms with E-state index in [0.29, 0.717) is 12.2 Å². The third kappa shape index (κ3) is 5.34. The smallest absolute Gasteiger partial charge is 0.375 e. The summed E-state index contributed by atoms with van der Waals surface area (Å²) in [7, 11) is 0. The molecule has 0 aliphatic heterocycles. The molecule has 0 atom stereocenters. The molecule has 0 fully saturated rings. The molecule has 0 spiro atoms. The number of benzene rings is 3. The molecule has 4 aromatic rings. The van der Waals surface area contributed by atoms with Gasteiger partial charge >= 0.3 is 5.97 Å². The van der Waals surface area contributed by atoms with Gasteiger partial charge < -0.3 is 13.9 Å². The van der Waals surface area contributed by atoms with Crippen molar-refractivity contribution in [3.05, 3.63) is 110 Å². The number of carbonyl (C=O) groups excluding carboxylic acids is 1. The Labute approximate surface area is 220 Å². The molecule has 3 aromatic carbocycles. The summed E-state index contributed by atoms with van der Waals surface area (Å²) in [5, 5.41) is 0. The maximum atomic E-state index is 13.1. The van der Waals surface area contributed by atoms with Gasteiger partial charge in [-0.3, -0.25) is 0 Å². The Morgan fingerprint density at radius 3 is 1.81 bits per heavy atom. The Balaban J connectivity index is 1.52. The van der Waals surface area contributed by atoms with Gasteiger partial charge in [-0.05, 0) is 135 Å². The molecular formula is C33H36O4. The average Bonchev–Trinajstić information content (AvgIpc) is 3.37. The lowest BCUT2D eigenvalue weighted by Gasteiger charge is -2.16. The first-order valence-corrected chi connectivity index (χ1v) is 12.7. The molecule has 192 valence electrons. The highest BCUT2D eigenvalue weighted by atomic mass is 16.5. The molecule has 0 amide bonds. The lowest BCUT2D eigenvalue weighted by Crippen LogP contribution is -2.08. The van der Waals surface area contributed by atoms with Crippen molar-refractivity contribution in [2.24, 2.45) is 0 Å². The van der Waals surface area contributed by atoms with E-state index in [1.807, 2.05) is 24.3 Å². The van der Waals surface area contributed by atoms with Gasteiger partial charge in [0.05, 0.1) is 6.26 Å². The van der Waals surface area contributed by atoms with E-state index in [9.17, 15) is 4.79 Å². The Morgan fingerprint density at radius 2 is 1.24 bits per heavy atom. The van der Waals surface area contributed by atoms with E-state index in [2.05, 4.69) is 67.5 Å². The third-order valence-electron chi connectivity index (χ3n) is 7.77. The van der Waals surface area contributed by atoms with E-state index in [-0.39, 0.29) is 12.4 Å². The highest BCUT2D eigenvalue weighted by Crippen LogP contribution is 2.30. The topological polar surface area (TPSA) is 48.7 Å². The van der Waals surface area contributed by atoms with Crippen molar-refractivity contribution in [1.29, 1.82) is 0 Å². The summed E-state index contributed by atoms with van der Waals surface area (Å²) in [5.74, 6) is 0.445. The van der Waals surface area contributed by atoms with Crippen LogP contribution in [-0.2, 0) is 18.0 Å². The Morgan fingerprint density at radius 1 is 0.703 bits per heavy atom. The fourth-order valence-electron chi connectivity index (χ4n) is 4.84. The van der Waals surface area contributed by atoms with Gasteiger partial charge in [-0.15, -0.1) is 0 Å². The molecule has 0 saturated carbocycles. The third-order valence-corrected chi connectivity index (χ3v) is 7.77. The Hall–Kier alpha value is -3.79. The van der Waals surface area contributed by atoms with Crippen LogP contribution in [0.3, 0.4) is 0 Å². The zero-order chi connectivity index (χ0) is 26.9. The summed E-state index contributed by atoms with van der Waals surface area (Å²) in [5.41, 5.74) is 13.5. The number of hydrogen-bond acceptors (Lipinski definition) is 4. The van der Waals surface area contributed by atoms with E-state index in [1.54, 1.807) is 6.07 Å². The molecule has 1 aromatic heterocycles. The van der Waals surface area contributed by atoms with Gasteiger partial charge in [0.1, 0.15) is 19.0 Å². The highest BCUT2D eigenvalue weighted by Gasteiger charge is 2.20. The van der Waals surface area contributed by atoms with E-state index < -0.39 is 5.97 Å². The van der Waals surface area contributed by atoms with Gasteiger partial charge in [-0.25, -0.2) is 4.79 Å². The van der Waals surface area contributed by atoms with Crippen LogP contribution in [0.25, 0.3) is 11.1 Å². The van der Waals surface area contributed by atoms with E-state index in [4.69, 9.17) is 13.9 Å². The fourth-order valence-corrected chi connectivity index (χ4v) is 4.84. The minimum atomic E-state index is -0.481. The molecular weight excluding hydrogens is 460 g/mol. The van der Waals surface area contributed by atoms with Crippen molar-refractivity contribution in [3.63, 3.8) is 0 Å². The Kier molecular flexibility index (Phi) is 7.58. The highest BCUT2D eigenvalue weighted by molar-refractivity contribution is 5.94. The average molecular weight is 497 g/mol. The first kappa shape index (κ1) is 26.3. The zero-order valence-corrected chi connectivity index (χ0v) is 23.2. The number of carbonyl (C=O) groups is 1. The van der Waals surface area contributed by atoms with Crippen molar-refractivity contribution in [2.75, 3.05) is 0 Å². The normalized spacial score (nSPS) is 11.0. The SMILES string of the molecule is Cc1cc(C)c(C)c(COC(=O)c2occc2-c2cccc(OCc3c(C)c(C)cc(C)c3C)c2)c1C. The maximum Gasteiger partial charge on any atom is 0.375 e. The largest absolute Gasteiger partial charge is 0.489 e. The van der Waals surface area contributed by atoms with Crippen LogP contribution < -0.4 is 4.74 Å². The Bertz CT molecular complexity index is 1420. The predicted molar refractivity (Wildman–Crippen MR) is 148 cm³/mol. The number of furan rings is 1. The molecule has 0 unspecified atom stereocenters. The number of esters is 1. The molecule has 1 heterocycles. The number of hydrogen-bond donors (Lipinski definition) is 0. The fraction of sp³-hybridized carbons (Fsp3) is 0.303. The number of rotatable bonds is 7. The summed E-state index contributed by atoms with van der Waals surface area (Å²) in [6.45, 7) is 17.5. The lowest BCUT2D eigenvalue weighted by atomic mass is 9.95. The summed E-state index contributed by atoms with van der Waals surface area (Å²) in [6, 6.07) is 13.9. The first-order chi connectivity index (χ1) is 17.6. The molecule has 0 bridgehead atoms. The van der Waals surface area contributed by atoms with Gasteiger partial charge in [0.15, 0.2) is 0 Å². The minimum absolute atomic E-state index is 0.192. The van der Waals surface area contributed by atoms with Crippen LogP contribution in [0.1, 0.15) is 66.2 Å². The van der Waals surface area contributed by atoms with Gasteiger partial charge in [-0.2, -0.15) is 0 Å². The van der Waals surface area contributed by atoms with E-state index in [0.717, 1.165) is 28.0 Å². The second-order valence-electron chi connectivity index (χ2n) is 10.0. The number of ether oxygens (including phenoxy) is 2. The van der Waals surface area contributed by atoms with E-state index >= 15 is 0 Å².